The molecule has 6 heteroatoms. The van der Waals surface area contributed by atoms with E-state index in [0.717, 1.165) is 5.82 Å². The third kappa shape index (κ3) is 2.60. The predicted molar refractivity (Wildman–Crippen MR) is 87.2 cm³/mol. The maximum Gasteiger partial charge on any atom is 0.258 e. The zero-order chi connectivity index (χ0) is 15.7. The first-order valence-electron chi connectivity index (χ1n) is 6.94. The number of pyridine rings is 1. The van der Waals surface area contributed by atoms with Crippen molar-refractivity contribution in [2.75, 3.05) is 37.0 Å². The fraction of sp³-hybridized carbons (Fsp3) is 0.250. The number of ether oxygens (including phenoxy) is 1. The van der Waals surface area contributed by atoms with E-state index in [9.17, 15) is 4.79 Å². The molecule has 3 rings (SSSR count). The highest BCUT2D eigenvalue weighted by molar-refractivity contribution is 6.32. The molecule has 0 spiro atoms. The van der Waals surface area contributed by atoms with Crippen LogP contribution in [0.3, 0.4) is 0 Å². The molecule has 2 heterocycles. The molecule has 1 aromatic heterocycles. The van der Waals surface area contributed by atoms with Crippen molar-refractivity contribution in [3.8, 4) is 5.75 Å². The van der Waals surface area contributed by atoms with Gasteiger partial charge in [-0.3, -0.25) is 4.79 Å². The maximum absolute atomic E-state index is 12.8. The van der Waals surface area contributed by atoms with Crippen molar-refractivity contribution in [1.29, 1.82) is 0 Å². The number of hydrogen-bond donors (Lipinski definition) is 0. The molecule has 2 aromatic rings. The van der Waals surface area contributed by atoms with Crippen LogP contribution in [-0.2, 0) is 0 Å². The Labute approximate surface area is 134 Å². The van der Waals surface area contributed by atoms with E-state index in [1.807, 2.05) is 31.1 Å². The summed E-state index contributed by atoms with van der Waals surface area (Å²) in [5, 5.41) is 0.513. The van der Waals surface area contributed by atoms with Gasteiger partial charge >= 0.3 is 0 Å². The van der Waals surface area contributed by atoms with Gasteiger partial charge in [0.25, 0.3) is 5.91 Å². The number of rotatable bonds is 2. The molecule has 1 aromatic carbocycles. The van der Waals surface area contributed by atoms with Crippen LogP contribution in [0.15, 0.2) is 36.5 Å². The predicted octanol–water partition coefficient (Wildman–Crippen LogP) is 2.84. The van der Waals surface area contributed by atoms with Crippen LogP contribution in [0.25, 0.3) is 0 Å². The molecule has 0 fully saturated rings. The lowest BCUT2D eigenvalue weighted by Crippen LogP contribution is -2.38. The number of amides is 1. The summed E-state index contributed by atoms with van der Waals surface area (Å²) in [7, 11) is 3.78. The molecule has 1 amide bonds. The van der Waals surface area contributed by atoms with E-state index in [1.165, 1.54) is 0 Å². The first-order chi connectivity index (χ1) is 10.6. The SMILES string of the molecule is CN(C)c1cc(C(=O)N2CCOc3c(Cl)cccc32)ccn1. The first kappa shape index (κ1) is 14.7. The van der Waals surface area contributed by atoms with Crippen molar-refractivity contribution >= 4 is 29.0 Å². The topological polar surface area (TPSA) is 45.7 Å². The van der Waals surface area contributed by atoms with Gasteiger partial charge < -0.3 is 14.5 Å². The Balaban J connectivity index is 1.98. The summed E-state index contributed by atoms with van der Waals surface area (Å²) in [6, 6.07) is 8.90. The minimum Gasteiger partial charge on any atom is -0.488 e. The van der Waals surface area contributed by atoms with Gasteiger partial charge in [0, 0.05) is 25.9 Å². The van der Waals surface area contributed by atoms with Gasteiger partial charge in [-0.15, -0.1) is 0 Å². The van der Waals surface area contributed by atoms with Gasteiger partial charge in [-0.1, -0.05) is 17.7 Å². The zero-order valence-corrected chi connectivity index (χ0v) is 13.2. The lowest BCUT2D eigenvalue weighted by atomic mass is 10.1. The zero-order valence-electron chi connectivity index (χ0n) is 12.4. The Bertz CT molecular complexity index is 718. The average Bonchev–Trinajstić information content (AvgIpc) is 2.54. The first-order valence-corrected chi connectivity index (χ1v) is 7.32. The quantitative estimate of drug-likeness (QED) is 0.854. The summed E-state index contributed by atoms with van der Waals surface area (Å²) in [6.07, 6.45) is 1.64. The number of aromatic nitrogens is 1. The summed E-state index contributed by atoms with van der Waals surface area (Å²) >= 11 is 6.15. The van der Waals surface area contributed by atoms with Crippen molar-refractivity contribution in [3.63, 3.8) is 0 Å². The van der Waals surface area contributed by atoms with E-state index in [2.05, 4.69) is 4.98 Å². The Morgan fingerprint density at radius 2 is 2.18 bits per heavy atom. The van der Waals surface area contributed by atoms with Gasteiger partial charge in [0.15, 0.2) is 5.75 Å². The van der Waals surface area contributed by atoms with Crippen LogP contribution in [0.5, 0.6) is 5.75 Å². The van der Waals surface area contributed by atoms with Crippen molar-refractivity contribution in [1.82, 2.24) is 4.98 Å². The molecular formula is C16H16ClN3O2. The third-order valence-corrected chi connectivity index (χ3v) is 3.79. The number of carbonyl (C=O) groups excluding carboxylic acids is 1. The van der Waals surface area contributed by atoms with Crippen LogP contribution in [0.1, 0.15) is 10.4 Å². The summed E-state index contributed by atoms with van der Waals surface area (Å²) in [6.45, 7) is 0.917. The summed E-state index contributed by atoms with van der Waals surface area (Å²) in [4.78, 5) is 20.6. The monoisotopic (exact) mass is 317 g/mol. The Morgan fingerprint density at radius 3 is 2.95 bits per heavy atom. The fourth-order valence-corrected chi connectivity index (χ4v) is 2.60. The molecule has 0 saturated heterocycles. The van der Waals surface area contributed by atoms with Gasteiger partial charge in [-0.2, -0.15) is 0 Å². The Hall–Kier alpha value is -2.27. The van der Waals surface area contributed by atoms with E-state index in [0.29, 0.717) is 35.2 Å². The van der Waals surface area contributed by atoms with Crippen LogP contribution in [0, 0.1) is 0 Å². The minimum atomic E-state index is -0.0858. The average molecular weight is 318 g/mol. The van der Waals surface area contributed by atoms with Gasteiger partial charge in [0.1, 0.15) is 12.4 Å². The number of fused-ring (bicyclic) bond motifs is 1. The van der Waals surface area contributed by atoms with Crippen molar-refractivity contribution < 1.29 is 9.53 Å². The molecule has 0 unspecified atom stereocenters. The molecule has 1 aliphatic rings. The smallest absolute Gasteiger partial charge is 0.258 e. The van der Waals surface area contributed by atoms with Gasteiger partial charge in [-0.05, 0) is 24.3 Å². The van der Waals surface area contributed by atoms with Crippen LogP contribution in [0.2, 0.25) is 5.02 Å². The van der Waals surface area contributed by atoms with Crippen molar-refractivity contribution in [2.45, 2.75) is 0 Å². The second-order valence-electron chi connectivity index (χ2n) is 5.19. The van der Waals surface area contributed by atoms with Crippen molar-refractivity contribution in [2.24, 2.45) is 0 Å². The molecule has 0 radical (unpaired) electrons. The molecule has 0 aliphatic carbocycles. The number of para-hydroxylation sites is 1. The maximum atomic E-state index is 12.8. The van der Waals surface area contributed by atoms with Crippen LogP contribution >= 0.6 is 11.6 Å². The highest BCUT2D eigenvalue weighted by Gasteiger charge is 2.26. The molecule has 0 saturated carbocycles. The van der Waals surface area contributed by atoms with Crippen LogP contribution in [0.4, 0.5) is 11.5 Å². The summed E-state index contributed by atoms with van der Waals surface area (Å²) in [5.74, 6) is 1.22. The normalized spacial score (nSPS) is 13.3. The number of hydrogen-bond acceptors (Lipinski definition) is 4. The van der Waals surface area contributed by atoms with E-state index >= 15 is 0 Å². The lowest BCUT2D eigenvalue weighted by molar-refractivity contribution is 0.0976. The van der Waals surface area contributed by atoms with Crippen LogP contribution in [-0.4, -0.2) is 38.1 Å². The van der Waals surface area contributed by atoms with E-state index < -0.39 is 0 Å². The number of nitrogens with zero attached hydrogens (tertiary/aromatic N) is 3. The number of halogens is 1. The van der Waals surface area contributed by atoms with E-state index in [4.69, 9.17) is 16.3 Å². The van der Waals surface area contributed by atoms with Gasteiger partial charge in [0.2, 0.25) is 0 Å². The molecular weight excluding hydrogens is 302 g/mol. The second kappa shape index (κ2) is 5.85. The Morgan fingerprint density at radius 1 is 1.36 bits per heavy atom. The van der Waals surface area contributed by atoms with Crippen molar-refractivity contribution in [3.05, 3.63) is 47.1 Å². The molecule has 1 aliphatic heterocycles. The molecule has 22 heavy (non-hydrogen) atoms. The number of benzene rings is 1. The standard InChI is InChI=1S/C16H16ClN3O2/c1-19(2)14-10-11(6-7-18-14)16(21)20-8-9-22-15-12(17)4-3-5-13(15)20/h3-7,10H,8-9H2,1-2H3. The largest absolute Gasteiger partial charge is 0.488 e. The molecule has 114 valence electrons. The fourth-order valence-electron chi connectivity index (χ4n) is 2.38. The molecule has 0 N–H and O–H groups in total. The van der Waals surface area contributed by atoms with E-state index in [1.54, 1.807) is 29.3 Å². The Kier molecular flexibility index (Phi) is 3.90. The highest BCUT2D eigenvalue weighted by atomic mass is 35.5. The molecule has 0 bridgehead atoms. The number of anilines is 2. The second-order valence-corrected chi connectivity index (χ2v) is 5.60. The lowest BCUT2D eigenvalue weighted by Gasteiger charge is -2.30. The van der Waals surface area contributed by atoms with Gasteiger partial charge in [0.05, 0.1) is 17.3 Å². The molecule has 5 nitrogen and oxygen atoms in total. The summed E-state index contributed by atoms with van der Waals surface area (Å²) < 4.78 is 5.59. The minimum absolute atomic E-state index is 0.0858. The summed E-state index contributed by atoms with van der Waals surface area (Å²) in [5.41, 5.74) is 1.29. The van der Waals surface area contributed by atoms with E-state index in [-0.39, 0.29) is 5.91 Å². The highest BCUT2D eigenvalue weighted by Crippen LogP contribution is 2.38. The number of carbonyl (C=O) groups is 1. The van der Waals surface area contributed by atoms with Crippen LogP contribution < -0.4 is 14.5 Å². The van der Waals surface area contributed by atoms with Gasteiger partial charge in [-0.25, -0.2) is 4.98 Å². The third-order valence-electron chi connectivity index (χ3n) is 3.49. The molecule has 0 atom stereocenters.